The molecule has 0 aromatic heterocycles. The molecule has 1 heterocycles. The quantitative estimate of drug-likeness (QED) is 0.351. The summed E-state index contributed by atoms with van der Waals surface area (Å²) in [5.41, 5.74) is 2.00. The number of phenols is 1. The zero-order valence-electron chi connectivity index (χ0n) is 14.2. The van der Waals surface area contributed by atoms with Crippen LogP contribution in [0.3, 0.4) is 0 Å². The molecule has 1 aliphatic carbocycles. The Balaban J connectivity index is 0.00000171. The van der Waals surface area contributed by atoms with E-state index in [2.05, 4.69) is 63.7 Å². The molecule has 31 heavy (non-hydrogen) atoms. The number of fused-ring (bicyclic) bond motifs is 1. The molecule has 1 aliphatic heterocycles. The fraction of sp³-hybridized carbons (Fsp3) is 0.100. The summed E-state index contributed by atoms with van der Waals surface area (Å²) < 4.78 is 7.16. The van der Waals surface area contributed by atoms with Gasteiger partial charge in [-0.1, -0.05) is 34.1 Å². The Morgan fingerprint density at radius 3 is 2.35 bits per heavy atom. The summed E-state index contributed by atoms with van der Waals surface area (Å²) in [6.45, 7) is 0. The van der Waals surface area contributed by atoms with Gasteiger partial charge in [0.1, 0.15) is 26.6 Å². The van der Waals surface area contributed by atoms with E-state index in [1.165, 1.54) is 6.07 Å². The van der Waals surface area contributed by atoms with Crippen LogP contribution in [0.4, 0.5) is 0 Å². The van der Waals surface area contributed by atoms with E-state index in [4.69, 9.17) is 4.74 Å². The van der Waals surface area contributed by atoms with Crippen LogP contribution in [0, 0.1) is 0 Å². The molecule has 2 aromatic carbocycles. The molecule has 0 spiro atoms. The van der Waals surface area contributed by atoms with Crippen LogP contribution in [0.15, 0.2) is 61.2 Å². The van der Waals surface area contributed by atoms with Gasteiger partial charge in [-0.05, 0) is 71.6 Å². The van der Waals surface area contributed by atoms with Gasteiger partial charge in [-0.25, -0.2) is 4.79 Å². The van der Waals surface area contributed by atoms with Crippen molar-refractivity contribution in [2.24, 2.45) is 0 Å². The number of hydrogen-bond acceptors (Lipinski definition) is 4. The number of carbonyl (C=O) groups excluding carboxylic acids is 1. The van der Waals surface area contributed by atoms with Crippen LogP contribution >= 0.6 is 63.7 Å². The van der Waals surface area contributed by atoms with Gasteiger partial charge < -0.3 is 14.9 Å². The van der Waals surface area contributed by atoms with E-state index in [-0.39, 0.29) is 76.2 Å². The first kappa shape index (κ1) is 27.8. The first-order valence-electron chi connectivity index (χ1n) is 8.22. The van der Waals surface area contributed by atoms with Crippen molar-refractivity contribution >= 4 is 135 Å². The maximum absolute atomic E-state index is 12.5. The van der Waals surface area contributed by atoms with Gasteiger partial charge in [0, 0.05) is 17.1 Å². The average Bonchev–Trinajstić information content (AvgIpc) is 2.69. The maximum atomic E-state index is 12.5. The second-order valence-corrected chi connectivity index (χ2v) is 9.82. The Bertz CT molecular complexity index is 1160. The Kier molecular flexibility index (Phi) is 9.77. The Morgan fingerprint density at radius 2 is 1.71 bits per heavy atom. The number of aromatic carboxylic acids is 1. The summed E-state index contributed by atoms with van der Waals surface area (Å²) in [5.74, 6) is -1.16. The first-order chi connectivity index (χ1) is 13.7. The molecule has 11 heteroatoms. The Morgan fingerprint density at radius 1 is 1.06 bits per heavy atom. The fourth-order valence-electron chi connectivity index (χ4n) is 3.49. The second-order valence-electron chi connectivity index (χ2n) is 6.41. The molecule has 0 fully saturated rings. The molecule has 2 N–H and O–H groups in total. The van der Waals surface area contributed by atoms with E-state index in [9.17, 15) is 19.8 Å². The first-order valence-corrected chi connectivity index (χ1v) is 11.5. The van der Waals surface area contributed by atoms with Gasteiger partial charge in [-0.15, -0.1) is 0 Å². The molecule has 152 valence electrons. The number of Topliss-reactive ketones (excluding diaryl/α,β-unsaturated/α-hetero) is 1. The SMILES string of the molecule is O=C(O)c1ccccc1C1C2=C(Oc3c1cc(Br)c(O)c3Br)C(Br)C(=O)C(Br)=C2.[NaH].[NaH]. The molecular weight excluding hydrogens is 686 g/mol. The van der Waals surface area contributed by atoms with Crippen LogP contribution in [0.5, 0.6) is 11.5 Å². The number of aromatic hydroxyl groups is 1. The number of carbonyl (C=O) groups is 2. The van der Waals surface area contributed by atoms with Gasteiger partial charge in [-0.2, -0.15) is 0 Å². The van der Waals surface area contributed by atoms with E-state index in [1.807, 2.05) is 0 Å². The molecule has 0 radical (unpaired) electrons. The molecule has 4 rings (SSSR count). The average molecular weight is 698 g/mol. The Labute approximate surface area is 255 Å². The van der Waals surface area contributed by atoms with E-state index in [0.717, 1.165) is 0 Å². The minimum atomic E-state index is -1.06. The van der Waals surface area contributed by atoms with Gasteiger partial charge in [0.2, 0.25) is 0 Å². The standard InChI is InChI=1S/C20H10Br4O5.2Na.2H/c21-11-5-9-13(7-3-1-2-4-8(7)20(27)28)10-6-12(22)17(26)15(24)19(10)29-18(9)14(23)16(11)25;;;;/h1-6,13-14,26H,(H,27,28);;;;. The predicted molar refractivity (Wildman–Crippen MR) is 135 cm³/mol. The van der Waals surface area contributed by atoms with Crippen LogP contribution < -0.4 is 4.74 Å². The molecule has 0 bridgehead atoms. The number of benzene rings is 2. The molecule has 0 saturated carbocycles. The molecule has 2 aliphatic rings. The van der Waals surface area contributed by atoms with Gasteiger partial charge in [-0.3, -0.25) is 4.79 Å². The Hall–Kier alpha value is 0.580. The van der Waals surface area contributed by atoms with Crippen molar-refractivity contribution in [1.82, 2.24) is 0 Å². The number of carboxylic acids is 1. The molecule has 2 unspecified atom stereocenters. The second kappa shape index (κ2) is 10.9. The van der Waals surface area contributed by atoms with Crippen LogP contribution in [-0.4, -0.2) is 85.9 Å². The summed E-state index contributed by atoms with van der Waals surface area (Å²) >= 11 is 13.4. The monoisotopic (exact) mass is 694 g/mol. The van der Waals surface area contributed by atoms with E-state index >= 15 is 0 Å². The van der Waals surface area contributed by atoms with Crippen LogP contribution in [0.2, 0.25) is 0 Å². The number of phenolic OH excluding ortho intramolecular Hbond substituents is 1. The predicted octanol–water partition coefficient (Wildman–Crippen LogP) is 4.72. The number of allylic oxidation sites excluding steroid dienone is 4. The number of alkyl halides is 1. The molecule has 0 saturated heterocycles. The van der Waals surface area contributed by atoms with Crippen LogP contribution in [0.1, 0.15) is 27.4 Å². The third-order valence-electron chi connectivity index (χ3n) is 4.78. The van der Waals surface area contributed by atoms with Crippen molar-refractivity contribution in [1.29, 1.82) is 0 Å². The zero-order valence-corrected chi connectivity index (χ0v) is 20.6. The third kappa shape index (κ3) is 4.88. The van der Waals surface area contributed by atoms with Crippen molar-refractivity contribution in [2.75, 3.05) is 0 Å². The summed E-state index contributed by atoms with van der Waals surface area (Å²) in [5, 5.41) is 20.1. The summed E-state index contributed by atoms with van der Waals surface area (Å²) in [6, 6.07) is 8.40. The summed E-state index contributed by atoms with van der Waals surface area (Å²) in [7, 11) is 0. The fourth-order valence-corrected chi connectivity index (χ4v) is 6.11. The van der Waals surface area contributed by atoms with Gasteiger partial charge >= 0.3 is 65.1 Å². The van der Waals surface area contributed by atoms with Crippen LogP contribution in [-0.2, 0) is 4.79 Å². The number of ketones is 1. The van der Waals surface area contributed by atoms with Gasteiger partial charge in [0.05, 0.1) is 14.5 Å². The number of carboxylic acid groups (broad SMARTS) is 1. The molecule has 5 nitrogen and oxygen atoms in total. The molecule has 2 atom stereocenters. The number of halogens is 4. The van der Waals surface area contributed by atoms with Crippen molar-refractivity contribution < 1.29 is 24.5 Å². The van der Waals surface area contributed by atoms with Crippen molar-refractivity contribution in [3.63, 3.8) is 0 Å². The zero-order chi connectivity index (χ0) is 21.0. The number of hydrogen-bond donors (Lipinski definition) is 2. The normalized spacial score (nSPS) is 19.2. The number of ether oxygens (including phenoxy) is 1. The summed E-state index contributed by atoms with van der Waals surface area (Å²) in [6.07, 6.45) is 1.66. The molecule has 2 aromatic rings. The van der Waals surface area contributed by atoms with Gasteiger partial charge in [0.15, 0.2) is 5.78 Å². The van der Waals surface area contributed by atoms with Crippen LogP contribution in [0.25, 0.3) is 0 Å². The van der Waals surface area contributed by atoms with Gasteiger partial charge in [0.25, 0.3) is 0 Å². The van der Waals surface area contributed by atoms with Crippen molar-refractivity contribution in [3.8, 4) is 11.5 Å². The molecule has 0 amide bonds. The number of rotatable bonds is 2. The minimum absolute atomic E-state index is 0. The van der Waals surface area contributed by atoms with E-state index < -0.39 is 16.7 Å². The van der Waals surface area contributed by atoms with Crippen molar-refractivity contribution in [3.05, 3.63) is 77.9 Å². The third-order valence-corrected chi connectivity index (χ3v) is 7.57. The molecular formula is C20H12Br4Na2O5. The van der Waals surface area contributed by atoms with E-state index in [0.29, 0.717) is 41.6 Å². The topological polar surface area (TPSA) is 83.8 Å². The van der Waals surface area contributed by atoms with Crippen molar-refractivity contribution in [2.45, 2.75) is 10.7 Å². The van der Waals surface area contributed by atoms with E-state index in [1.54, 1.807) is 30.3 Å². The summed E-state index contributed by atoms with van der Waals surface area (Å²) in [4.78, 5) is 23.6.